The SMILES string of the molecule is COC(=O)C(=CO)c1ccccc1COc1cc(-c2ccccc2)nc(OC)n1.COC(=O)C(=CO)c1ccccc1COc1cc(C)nc(OC)n1.Cc1nc(OCc2ccccc2C(=CO)C(=O)N(C)C)cc(C(F)(F)F)n1. The van der Waals surface area contributed by atoms with Crippen molar-refractivity contribution < 1.29 is 76.0 Å². The van der Waals surface area contributed by atoms with E-state index in [0.29, 0.717) is 68.9 Å². The van der Waals surface area contributed by atoms with Crippen molar-refractivity contribution in [2.24, 2.45) is 0 Å². The van der Waals surface area contributed by atoms with Crippen LogP contribution < -0.4 is 23.7 Å². The van der Waals surface area contributed by atoms with E-state index in [4.69, 9.17) is 28.4 Å². The smallest absolute Gasteiger partial charge is 0.433 e. The summed E-state index contributed by atoms with van der Waals surface area (Å²) in [6.07, 6.45) is -2.47. The highest BCUT2D eigenvalue weighted by molar-refractivity contribution is 6.19. The molecule has 3 heterocycles. The lowest BCUT2D eigenvalue weighted by Crippen LogP contribution is -2.23. The zero-order chi connectivity index (χ0) is 58.4. The number of nitrogens with zero attached hydrogens (tertiary/aromatic N) is 7. The van der Waals surface area contributed by atoms with E-state index in [0.717, 1.165) is 18.1 Å². The first-order valence-electron chi connectivity index (χ1n) is 23.7. The van der Waals surface area contributed by atoms with Gasteiger partial charge in [-0.3, -0.25) is 4.79 Å². The number of aliphatic hydroxyl groups is 3. The second-order valence-corrected chi connectivity index (χ2v) is 16.6. The van der Waals surface area contributed by atoms with Gasteiger partial charge < -0.3 is 53.4 Å². The van der Waals surface area contributed by atoms with Crippen LogP contribution in [0.5, 0.6) is 29.7 Å². The molecule has 80 heavy (non-hydrogen) atoms. The monoisotopic (exact) mass is 1100 g/mol. The number of halogens is 3. The standard InChI is InChI=1S/C22H20N2O5.C18H18F3N3O3.C17H18N2O5/c1-27-21(26)18(13-25)17-11-7-6-10-16(17)14-29-20-12-19(23-22(24-20)28-2)15-8-4-3-5-9-15;1-11-22-15(18(19,20)21)8-16(23-11)27-10-12-6-4-5-7-13(12)14(9-25)17(26)24(2)3;1-11-8-15(19-17(18-11)23-3)24-10-12-6-4-5-7-13(12)14(9-20)16(21)22-2/h3-13,25H,14H2,1-2H3;4-9,25H,10H2,1-3H3;4-9,20H,10H2,1-3H3. The average Bonchev–Trinajstić information content (AvgIpc) is 3.46. The van der Waals surface area contributed by atoms with Crippen molar-refractivity contribution in [2.75, 3.05) is 42.5 Å². The summed E-state index contributed by atoms with van der Waals surface area (Å²) >= 11 is 0. The zero-order valence-corrected chi connectivity index (χ0v) is 44.6. The number of aliphatic hydroxyl groups excluding tert-OH is 3. The number of ether oxygens (including phenoxy) is 7. The van der Waals surface area contributed by atoms with Gasteiger partial charge in [-0.1, -0.05) is 103 Å². The number of alkyl halides is 3. The number of benzene rings is 4. The Kier molecular flexibility index (Phi) is 22.4. The van der Waals surface area contributed by atoms with E-state index < -0.39 is 29.7 Å². The van der Waals surface area contributed by atoms with Gasteiger partial charge in [-0.15, -0.1) is 0 Å². The molecule has 0 radical (unpaired) electrons. The molecule has 418 valence electrons. The molecule has 7 aromatic rings. The number of rotatable bonds is 18. The van der Waals surface area contributed by atoms with Crippen molar-refractivity contribution in [2.45, 2.75) is 39.8 Å². The van der Waals surface area contributed by atoms with Crippen molar-refractivity contribution in [1.82, 2.24) is 34.8 Å². The van der Waals surface area contributed by atoms with Gasteiger partial charge in [0.05, 0.1) is 58.5 Å². The Morgan fingerprint density at radius 1 is 0.525 bits per heavy atom. The molecule has 0 spiro atoms. The molecule has 7 rings (SSSR count). The molecule has 20 nitrogen and oxygen atoms in total. The maximum absolute atomic E-state index is 12.9. The molecule has 0 aliphatic rings. The highest BCUT2D eigenvalue weighted by atomic mass is 19.4. The van der Waals surface area contributed by atoms with Crippen LogP contribution >= 0.6 is 0 Å². The van der Waals surface area contributed by atoms with Gasteiger partial charge in [-0.05, 0) is 47.2 Å². The normalized spacial score (nSPS) is 11.4. The van der Waals surface area contributed by atoms with Gasteiger partial charge >= 0.3 is 30.1 Å². The Labute approximate surface area is 458 Å². The molecule has 3 N–H and O–H groups in total. The van der Waals surface area contributed by atoms with Gasteiger partial charge in [0.1, 0.15) is 36.8 Å². The maximum Gasteiger partial charge on any atom is 0.433 e. The van der Waals surface area contributed by atoms with E-state index in [-0.39, 0.29) is 60.3 Å². The molecule has 0 aliphatic carbocycles. The molecule has 0 atom stereocenters. The van der Waals surface area contributed by atoms with Crippen LogP contribution in [-0.4, -0.2) is 111 Å². The Balaban J connectivity index is 0.000000222. The Hall–Kier alpha value is -10.1. The Morgan fingerprint density at radius 3 is 1.36 bits per heavy atom. The number of hydrogen-bond donors (Lipinski definition) is 3. The summed E-state index contributed by atoms with van der Waals surface area (Å²) in [4.78, 5) is 61.2. The number of methoxy groups -OCH3 is 4. The first kappa shape index (κ1) is 60.8. The van der Waals surface area contributed by atoms with Crippen molar-refractivity contribution in [3.05, 3.63) is 191 Å². The van der Waals surface area contributed by atoms with Crippen molar-refractivity contribution in [3.8, 4) is 40.9 Å². The van der Waals surface area contributed by atoms with Crippen LogP contribution in [0.1, 0.15) is 50.6 Å². The minimum Gasteiger partial charge on any atom is -0.515 e. The summed E-state index contributed by atoms with van der Waals surface area (Å²) in [5.41, 5.74) is 4.58. The fourth-order valence-electron chi connectivity index (χ4n) is 7.11. The molecule has 0 aliphatic heterocycles. The third kappa shape index (κ3) is 17.0. The number of carbonyl (C=O) groups is 3. The number of likely N-dealkylation sites (N-methyl/N-ethyl adjacent to an activating group) is 1. The summed E-state index contributed by atoms with van der Waals surface area (Å²) in [6, 6.07) is 34.8. The number of esters is 2. The van der Waals surface area contributed by atoms with Crippen LogP contribution in [-0.2, 0) is 49.9 Å². The van der Waals surface area contributed by atoms with Gasteiger partial charge in [0.25, 0.3) is 5.91 Å². The van der Waals surface area contributed by atoms with Crippen LogP contribution in [0.25, 0.3) is 28.0 Å². The van der Waals surface area contributed by atoms with E-state index in [2.05, 4.69) is 34.6 Å². The molecule has 0 saturated heterocycles. The molecule has 0 fully saturated rings. The Morgan fingerprint density at radius 2 is 0.938 bits per heavy atom. The summed E-state index contributed by atoms with van der Waals surface area (Å²) in [5, 5.41) is 28.3. The lowest BCUT2D eigenvalue weighted by atomic mass is 10.00. The van der Waals surface area contributed by atoms with E-state index >= 15 is 0 Å². The van der Waals surface area contributed by atoms with Gasteiger partial charge in [-0.2, -0.15) is 33.1 Å². The van der Waals surface area contributed by atoms with Gasteiger partial charge in [-0.25, -0.2) is 19.6 Å². The maximum atomic E-state index is 12.9. The fraction of sp³-hybridized carbons (Fsp3) is 0.211. The van der Waals surface area contributed by atoms with Crippen LogP contribution in [0.15, 0.2) is 140 Å². The predicted octanol–water partition coefficient (Wildman–Crippen LogP) is 9.62. The average molecular weight is 1100 g/mol. The van der Waals surface area contributed by atoms with Crippen molar-refractivity contribution >= 4 is 34.6 Å². The topological polar surface area (TPSA) is 257 Å². The third-order valence-electron chi connectivity index (χ3n) is 10.9. The fourth-order valence-corrected chi connectivity index (χ4v) is 7.11. The highest BCUT2D eigenvalue weighted by Crippen LogP contribution is 2.31. The van der Waals surface area contributed by atoms with Gasteiger partial charge in [0.15, 0.2) is 5.69 Å². The van der Waals surface area contributed by atoms with Crippen LogP contribution in [0.3, 0.4) is 0 Å². The predicted molar refractivity (Wildman–Crippen MR) is 286 cm³/mol. The number of aromatic nitrogens is 6. The second kappa shape index (κ2) is 29.5. The number of hydrogen-bond acceptors (Lipinski definition) is 19. The Bertz CT molecular complexity index is 3340. The van der Waals surface area contributed by atoms with Crippen molar-refractivity contribution in [1.29, 1.82) is 0 Å². The first-order valence-corrected chi connectivity index (χ1v) is 23.7. The third-order valence-corrected chi connectivity index (χ3v) is 10.9. The molecule has 0 saturated carbocycles. The molecule has 1 amide bonds. The zero-order valence-electron chi connectivity index (χ0n) is 44.6. The summed E-state index contributed by atoms with van der Waals surface area (Å²) in [5.74, 6) is -1.36. The minimum absolute atomic E-state index is 0.0362. The second-order valence-electron chi connectivity index (χ2n) is 16.6. The van der Waals surface area contributed by atoms with E-state index in [1.165, 1.54) is 54.4 Å². The quantitative estimate of drug-likeness (QED) is 0.0410. The molecular formula is C57H56F3N7O13. The lowest BCUT2D eigenvalue weighted by molar-refractivity contribution is -0.141. The molecule has 0 bridgehead atoms. The van der Waals surface area contributed by atoms with Crippen molar-refractivity contribution in [3.63, 3.8) is 0 Å². The van der Waals surface area contributed by atoms with E-state index in [1.54, 1.807) is 85.8 Å². The highest BCUT2D eigenvalue weighted by Gasteiger charge is 2.34. The van der Waals surface area contributed by atoms with E-state index in [1.807, 2.05) is 36.4 Å². The number of carbonyl (C=O) groups excluding carboxylic acids is 3. The van der Waals surface area contributed by atoms with E-state index in [9.17, 15) is 42.9 Å². The molecule has 0 unspecified atom stereocenters. The molecule has 23 heteroatoms. The number of aryl methyl sites for hydroxylation is 2. The lowest BCUT2D eigenvalue weighted by Gasteiger charge is -2.16. The first-order chi connectivity index (χ1) is 38.4. The van der Waals surface area contributed by atoms with Gasteiger partial charge in [0.2, 0.25) is 17.6 Å². The summed E-state index contributed by atoms with van der Waals surface area (Å²) in [7, 11) is 8.53. The van der Waals surface area contributed by atoms with Gasteiger partial charge in [0, 0.05) is 43.6 Å². The molecule has 4 aromatic carbocycles. The molecular weight excluding hydrogens is 1050 g/mol. The summed E-state index contributed by atoms with van der Waals surface area (Å²) in [6.45, 7) is 3.23. The molecule has 3 aromatic heterocycles. The van der Waals surface area contributed by atoms with Crippen LogP contribution in [0.4, 0.5) is 13.2 Å². The summed E-state index contributed by atoms with van der Waals surface area (Å²) < 4.78 is 75.1. The van der Waals surface area contributed by atoms with Crippen LogP contribution in [0, 0.1) is 13.8 Å². The largest absolute Gasteiger partial charge is 0.515 e. The minimum atomic E-state index is -4.62. The van der Waals surface area contributed by atoms with Crippen LogP contribution in [0.2, 0.25) is 0 Å². The number of amides is 1.